The Balaban J connectivity index is 1.28. The minimum absolute atomic E-state index is 0.0755. The Kier molecular flexibility index (Phi) is 6.20. The number of amides is 1. The third-order valence-electron chi connectivity index (χ3n) is 7.41. The zero-order valence-corrected chi connectivity index (χ0v) is 20.5. The number of carbonyl (C=O) groups is 2. The van der Waals surface area contributed by atoms with E-state index in [0.29, 0.717) is 23.3 Å². The zero-order valence-electron chi connectivity index (χ0n) is 20.5. The van der Waals surface area contributed by atoms with Crippen molar-refractivity contribution < 1.29 is 18.7 Å². The van der Waals surface area contributed by atoms with Gasteiger partial charge >= 0.3 is 0 Å². The van der Waals surface area contributed by atoms with E-state index in [1.165, 1.54) is 37.1 Å². The predicted octanol–water partition coefficient (Wildman–Crippen LogP) is 5.59. The van der Waals surface area contributed by atoms with E-state index in [1.54, 1.807) is 5.01 Å². The zero-order chi connectivity index (χ0) is 25.4. The lowest BCUT2D eigenvalue weighted by Gasteiger charge is -2.37. The number of para-hydroxylation sites is 1. The Morgan fingerprint density at radius 3 is 2.24 bits per heavy atom. The molecule has 0 N–H and O–H groups in total. The molecule has 6 rings (SSSR count). The summed E-state index contributed by atoms with van der Waals surface area (Å²) in [5.41, 5.74) is 3.75. The van der Waals surface area contributed by atoms with Crippen LogP contribution in [0.15, 0.2) is 77.9 Å². The molecule has 0 radical (unpaired) electrons. The first-order chi connectivity index (χ1) is 18.1. The molecule has 0 aliphatic carbocycles. The molecule has 0 saturated carbocycles. The Hall–Kier alpha value is -4.00. The summed E-state index contributed by atoms with van der Waals surface area (Å²) < 4.78 is 19.6. The van der Waals surface area contributed by atoms with E-state index in [-0.39, 0.29) is 17.7 Å². The van der Waals surface area contributed by atoms with Gasteiger partial charge in [0.15, 0.2) is 0 Å². The van der Waals surface area contributed by atoms with Crippen LogP contribution in [0.1, 0.15) is 70.0 Å². The molecule has 3 aromatic carbocycles. The van der Waals surface area contributed by atoms with Crippen molar-refractivity contribution in [3.63, 3.8) is 0 Å². The van der Waals surface area contributed by atoms with Crippen LogP contribution in [0.4, 0.5) is 4.39 Å². The summed E-state index contributed by atoms with van der Waals surface area (Å²) in [5, 5.41) is 6.56. The van der Waals surface area contributed by atoms with Crippen molar-refractivity contribution in [3.05, 3.63) is 101 Å². The number of nitrogens with zero attached hydrogens (tertiary/aromatic N) is 3. The molecule has 0 aromatic heterocycles. The number of rotatable bonds is 4. The van der Waals surface area contributed by atoms with Crippen LogP contribution in [0, 0.1) is 5.82 Å². The first-order valence-corrected chi connectivity index (χ1v) is 12.9. The second kappa shape index (κ2) is 9.81. The minimum atomic E-state index is -0.952. The van der Waals surface area contributed by atoms with Crippen LogP contribution in [0.3, 0.4) is 0 Å². The normalized spacial score (nSPS) is 20.8. The summed E-state index contributed by atoms with van der Waals surface area (Å²) >= 11 is 0. The van der Waals surface area contributed by atoms with Gasteiger partial charge in [-0.25, -0.2) is 9.40 Å². The van der Waals surface area contributed by atoms with Crippen LogP contribution < -0.4 is 4.74 Å². The standard InChI is InChI=1S/C30H28FN3O3/c31-23-15-13-21(14-16-23)28(35)30-34-26(24-7-3-4-8-27(24)37-30)19-25(32-34)20-9-11-22(12-10-20)29(36)33-17-5-1-2-6-18-33/h3-4,7-16,26,30H,1-2,5-6,17-19H2. The molecular formula is C30H28FN3O3. The van der Waals surface area contributed by atoms with Gasteiger partial charge in [0.1, 0.15) is 11.6 Å². The maximum Gasteiger partial charge on any atom is 0.253 e. The number of fused-ring (bicyclic) bond motifs is 3. The fourth-order valence-corrected chi connectivity index (χ4v) is 5.40. The maximum absolute atomic E-state index is 13.4. The summed E-state index contributed by atoms with van der Waals surface area (Å²) in [7, 11) is 0. The second-order valence-electron chi connectivity index (χ2n) is 9.81. The quantitative estimate of drug-likeness (QED) is 0.441. The van der Waals surface area contributed by atoms with Crippen molar-refractivity contribution in [2.75, 3.05) is 13.1 Å². The van der Waals surface area contributed by atoms with Crippen LogP contribution in [0.5, 0.6) is 5.75 Å². The average Bonchev–Trinajstić information content (AvgIpc) is 3.21. The van der Waals surface area contributed by atoms with Gasteiger partial charge in [0.25, 0.3) is 12.1 Å². The lowest BCUT2D eigenvalue weighted by Crippen LogP contribution is -2.45. The molecule has 3 aliphatic rings. The van der Waals surface area contributed by atoms with Crippen LogP contribution >= 0.6 is 0 Å². The van der Waals surface area contributed by atoms with E-state index in [9.17, 15) is 14.0 Å². The van der Waals surface area contributed by atoms with Gasteiger partial charge < -0.3 is 9.64 Å². The highest BCUT2D eigenvalue weighted by atomic mass is 19.1. The largest absolute Gasteiger partial charge is 0.461 e. The summed E-state index contributed by atoms with van der Waals surface area (Å²) in [5.74, 6) is 0.0528. The molecule has 6 nitrogen and oxygen atoms in total. The van der Waals surface area contributed by atoms with Crippen LogP contribution in [0.25, 0.3) is 0 Å². The molecule has 188 valence electrons. The topological polar surface area (TPSA) is 62.2 Å². The van der Waals surface area contributed by atoms with Crippen molar-refractivity contribution >= 4 is 17.4 Å². The molecule has 3 aliphatic heterocycles. The molecule has 0 bridgehead atoms. The third-order valence-corrected chi connectivity index (χ3v) is 7.41. The number of Topliss-reactive ketones (excluding diaryl/α,β-unsaturated/α-hetero) is 1. The third kappa shape index (κ3) is 4.50. The van der Waals surface area contributed by atoms with E-state index in [1.807, 2.05) is 53.4 Å². The highest BCUT2D eigenvalue weighted by Crippen LogP contribution is 2.43. The van der Waals surface area contributed by atoms with Crippen LogP contribution in [-0.4, -0.2) is 46.6 Å². The van der Waals surface area contributed by atoms with Crippen molar-refractivity contribution in [1.82, 2.24) is 9.91 Å². The number of hydrogen-bond acceptors (Lipinski definition) is 5. The number of likely N-dealkylation sites (tertiary alicyclic amines) is 1. The van der Waals surface area contributed by atoms with Crippen LogP contribution in [-0.2, 0) is 0 Å². The smallest absolute Gasteiger partial charge is 0.253 e. The Bertz CT molecular complexity index is 1350. The highest BCUT2D eigenvalue weighted by Gasteiger charge is 2.43. The van der Waals surface area contributed by atoms with Gasteiger partial charge in [-0.3, -0.25) is 9.59 Å². The van der Waals surface area contributed by atoms with E-state index in [4.69, 9.17) is 9.84 Å². The molecular weight excluding hydrogens is 469 g/mol. The number of halogens is 1. The Morgan fingerprint density at radius 1 is 0.838 bits per heavy atom. The molecule has 2 unspecified atom stereocenters. The second-order valence-corrected chi connectivity index (χ2v) is 9.81. The number of ketones is 1. The number of hydrogen-bond donors (Lipinski definition) is 0. The number of hydrazone groups is 1. The van der Waals surface area contributed by atoms with E-state index >= 15 is 0 Å². The fraction of sp³-hybridized carbons (Fsp3) is 0.300. The van der Waals surface area contributed by atoms with Gasteiger partial charge in [-0.2, -0.15) is 5.10 Å². The predicted molar refractivity (Wildman–Crippen MR) is 138 cm³/mol. The maximum atomic E-state index is 13.4. The molecule has 0 spiro atoms. The first kappa shape index (κ1) is 23.4. The van der Waals surface area contributed by atoms with Gasteiger partial charge in [0.2, 0.25) is 5.78 Å². The molecule has 2 atom stereocenters. The first-order valence-electron chi connectivity index (χ1n) is 12.9. The summed E-state index contributed by atoms with van der Waals surface area (Å²) in [4.78, 5) is 28.4. The molecule has 1 fully saturated rings. The van der Waals surface area contributed by atoms with E-state index in [0.717, 1.165) is 42.8 Å². The van der Waals surface area contributed by atoms with Gasteiger partial charge in [0, 0.05) is 36.2 Å². The Morgan fingerprint density at radius 2 is 1.51 bits per heavy atom. The lowest BCUT2D eigenvalue weighted by atomic mass is 9.95. The van der Waals surface area contributed by atoms with Crippen molar-refractivity contribution in [2.45, 2.75) is 44.4 Å². The van der Waals surface area contributed by atoms with Crippen molar-refractivity contribution in [3.8, 4) is 5.75 Å². The summed E-state index contributed by atoms with van der Waals surface area (Å²) in [6.45, 7) is 1.62. The number of benzene rings is 3. The summed E-state index contributed by atoms with van der Waals surface area (Å²) in [6.07, 6.45) is 4.12. The molecule has 3 heterocycles. The number of ether oxygens (including phenoxy) is 1. The van der Waals surface area contributed by atoms with E-state index in [2.05, 4.69) is 0 Å². The van der Waals surface area contributed by atoms with Gasteiger partial charge in [-0.15, -0.1) is 0 Å². The lowest BCUT2D eigenvalue weighted by molar-refractivity contribution is -0.00456. The van der Waals surface area contributed by atoms with Gasteiger partial charge in [-0.1, -0.05) is 43.2 Å². The molecule has 1 amide bonds. The van der Waals surface area contributed by atoms with Crippen LogP contribution in [0.2, 0.25) is 0 Å². The van der Waals surface area contributed by atoms with E-state index < -0.39 is 12.0 Å². The molecule has 7 heteroatoms. The number of carbonyl (C=O) groups excluding carboxylic acids is 2. The molecule has 37 heavy (non-hydrogen) atoms. The van der Waals surface area contributed by atoms with Crippen molar-refractivity contribution in [1.29, 1.82) is 0 Å². The van der Waals surface area contributed by atoms with Gasteiger partial charge in [0.05, 0.1) is 11.8 Å². The average molecular weight is 498 g/mol. The molecule has 1 saturated heterocycles. The summed E-state index contributed by atoms with van der Waals surface area (Å²) in [6, 6.07) is 20.6. The Labute approximate surface area is 215 Å². The monoisotopic (exact) mass is 497 g/mol. The molecule has 3 aromatic rings. The highest BCUT2D eigenvalue weighted by molar-refractivity contribution is 6.04. The van der Waals surface area contributed by atoms with Gasteiger partial charge in [-0.05, 0) is 60.9 Å². The minimum Gasteiger partial charge on any atom is -0.461 e. The van der Waals surface area contributed by atoms with Crippen molar-refractivity contribution in [2.24, 2.45) is 5.10 Å². The SMILES string of the molecule is O=C(c1ccc(F)cc1)C1Oc2ccccc2C2CC(c3ccc(C(=O)N4CCCCCC4)cc3)=NN12. The fourth-order valence-electron chi connectivity index (χ4n) is 5.40.